The Hall–Kier alpha value is -3.14. The number of carbonyl (C=O) groups excluding carboxylic acids is 4. The number of halogens is 3. The van der Waals surface area contributed by atoms with Crippen LogP contribution in [0.15, 0.2) is 42.5 Å². The topological polar surface area (TPSA) is 78.0 Å². The fourth-order valence-electron chi connectivity index (χ4n) is 4.62. The van der Waals surface area contributed by atoms with Crippen molar-refractivity contribution in [1.82, 2.24) is 14.5 Å². The van der Waals surface area contributed by atoms with Gasteiger partial charge in [0.2, 0.25) is 27.8 Å². The van der Waals surface area contributed by atoms with Gasteiger partial charge in [0.1, 0.15) is 13.9 Å². The summed E-state index contributed by atoms with van der Waals surface area (Å²) in [6.07, 6.45) is 0.160. The molecule has 35 heavy (non-hydrogen) atoms. The Kier molecular flexibility index (Phi) is 6.53. The Morgan fingerprint density at radius 2 is 1.80 bits per heavy atom. The third-order valence-electron chi connectivity index (χ3n) is 6.57. The normalized spacial score (nSPS) is 20.3. The van der Waals surface area contributed by atoms with Crippen molar-refractivity contribution in [1.29, 1.82) is 0 Å². The zero-order valence-electron chi connectivity index (χ0n) is 19.4. The van der Waals surface area contributed by atoms with Crippen LogP contribution in [0.1, 0.15) is 33.5 Å². The van der Waals surface area contributed by atoms with Gasteiger partial charge in [-0.1, -0.05) is 35.9 Å². The van der Waals surface area contributed by atoms with E-state index >= 15 is 0 Å². The molecule has 2 aliphatic heterocycles. The van der Waals surface area contributed by atoms with Crippen LogP contribution in [-0.2, 0) is 33.4 Å². The van der Waals surface area contributed by atoms with Crippen LogP contribution in [0, 0.1) is 0 Å². The van der Waals surface area contributed by atoms with Gasteiger partial charge in [0.05, 0.1) is 0 Å². The van der Waals surface area contributed by atoms with Crippen LogP contribution in [0.3, 0.4) is 0 Å². The maximum atomic E-state index is 14.7. The number of hydrogen-bond acceptors (Lipinski definition) is 4. The van der Waals surface area contributed by atoms with E-state index in [2.05, 4.69) is 0 Å². The molecule has 0 N–H and O–H groups in total. The number of piperidine rings is 1. The Morgan fingerprint density at radius 1 is 1.14 bits per heavy atom. The average molecular weight is 497 g/mol. The molecule has 2 aromatic carbocycles. The summed E-state index contributed by atoms with van der Waals surface area (Å²) in [7, 11) is 4.45. The molecule has 2 unspecified atom stereocenters. The molecule has 2 atom stereocenters. The number of carbonyl (C=O) groups is 4. The molecular weight excluding hydrogens is 476 g/mol. The van der Waals surface area contributed by atoms with Gasteiger partial charge in [0.15, 0.2) is 0 Å². The van der Waals surface area contributed by atoms with Crippen LogP contribution < -0.4 is 0 Å². The van der Waals surface area contributed by atoms with E-state index in [1.165, 1.54) is 33.0 Å². The number of fused-ring (bicyclic) bond motifs is 1. The highest BCUT2D eigenvalue weighted by molar-refractivity contribution is 6.31. The van der Waals surface area contributed by atoms with E-state index in [1.807, 2.05) is 0 Å². The first-order valence-corrected chi connectivity index (χ1v) is 11.4. The Morgan fingerprint density at radius 3 is 2.46 bits per heavy atom. The van der Waals surface area contributed by atoms with Gasteiger partial charge in [0, 0.05) is 35.7 Å². The Labute approximate surface area is 208 Å². The van der Waals surface area contributed by atoms with Gasteiger partial charge in [-0.3, -0.25) is 19.2 Å². The maximum absolute atomic E-state index is 14.7. The molecular formula is C22H21B3ClF2N3O4. The van der Waals surface area contributed by atoms with Crippen molar-refractivity contribution in [3.63, 3.8) is 0 Å². The van der Waals surface area contributed by atoms with Crippen LogP contribution >= 0.6 is 11.6 Å². The summed E-state index contributed by atoms with van der Waals surface area (Å²) >= 11 is 5.75. The van der Waals surface area contributed by atoms with E-state index in [1.54, 1.807) is 26.0 Å². The molecule has 4 amide bonds. The summed E-state index contributed by atoms with van der Waals surface area (Å²) in [6, 6.07) is 8.93. The molecule has 7 nitrogen and oxygen atoms in total. The Bertz CT molecular complexity index is 1230. The third kappa shape index (κ3) is 4.47. The van der Waals surface area contributed by atoms with Crippen molar-refractivity contribution in [2.75, 3.05) is 0 Å². The molecule has 0 radical (unpaired) electrons. The predicted octanol–water partition coefficient (Wildman–Crippen LogP) is 0.0617. The number of imide groups is 1. The molecule has 2 heterocycles. The lowest BCUT2D eigenvalue weighted by molar-refractivity contribution is -0.154. The van der Waals surface area contributed by atoms with Gasteiger partial charge >= 0.3 is 5.92 Å². The molecule has 0 aliphatic carbocycles. The van der Waals surface area contributed by atoms with Crippen LogP contribution in [0.2, 0.25) is 10.8 Å². The molecule has 1 fully saturated rings. The van der Waals surface area contributed by atoms with Crippen LogP contribution in [0.25, 0.3) is 0 Å². The van der Waals surface area contributed by atoms with Crippen LogP contribution in [-0.4, -0.2) is 68.0 Å². The first-order chi connectivity index (χ1) is 16.4. The SMILES string of the molecule is BC1CC(=O)N(B)C(=O)C1N1Cc2cc(CN(B)C(=O)C(F)(F)c3ccc(Cl)cc3)ccc2C1=O. The lowest BCUT2D eigenvalue weighted by Crippen LogP contribution is -2.56. The predicted molar refractivity (Wildman–Crippen MR) is 132 cm³/mol. The van der Waals surface area contributed by atoms with E-state index in [9.17, 15) is 28.0 Å². The summed E-state index contributed by atoms with van der Waals surface area (Å²) in [4.78, 5) is 53.7. The molecule has 0 spiro atoms. The van der Waals surface area contributed by atoms with Crippen molar-refractivity contribution in [2.24, 2.45) is 0 Å². The summed E-state index contributed by atoms with van der Waals surface area (Å²) in [5, 5.41) is 0.287. The molecule has 2 aromatic rings. The number of rotatable bonds is 5. The van der Waals surface area contributed by atoms with Crippen LogP contribution in [0.4, 0.5) is 8.78 Å². The summed E-state index contributed by atoms with van der Waals surface area (Å²) < 4.78 is 29.5. The Balaban J connectivity index is 1.50. The molecule has 4 rings (SSSR count). The lowest BCUT2D eigenvalue weighted by atomic mass is 9.73. The van der Waals surface area contributed by atoms with E-state index < -0.39 is 29.3 Å². The molecule has 0 bridgehead atoms. The first-order valence-electron chi connectivity index (χ1n) is 11.0. The second-order valence-corrected chi connectivity index (χ2v) is 9.52. The second kappa shape index (κ2) is 9.15. The number of alkyl halides is 2. The highest BCUT2D eigenvalue weighted by Crippen LogP contribution is 2.34. The van der Waals surface area contributed by atoms with Crippen LogP contribution in [0.5, 0.6) is 0 Å². The third-order valence-corrected chi connectivity index (χ3v) is 6.82. The largest absolute Gasteiger partial charge is 0.384 e. The van der Waals surface area contributed by atoms with Gasteiger partial charge in [-0.15, -0.1) is 0 Å². The molecule has 2 aliphatic rings. The van der Waals surface area contributed by atoms with Gasteiger partial charge in [-0.2, -0.15) is 8.78 Å². The van der Waals surface area contributed by atoms with E-state index in [4.69, 9.17) is 11.6 Å². The van der Waals surface area contributed by atoms with Crippen molar-refractivity contribution >= 4 is 59.0 Å². The lowest BCUT2D eigenvalue weighted by Gasteiger charge is -2.38. The minimum Gasteiger partial charge on any atom is -0.384 e. The summed E-state index contributed by atoms with van der Waals surface area (Å²) in [5.41, 5.74) is 1.16. The fourth-order valence-corrected chi connectivity index (χ4v) is 4.74. The van der Waals surface area contributed by atoms with Crippen molar-refractivity contribution in [3.8, 4) is 0 Å². The number of amides is 4. The quantitative estimate of drug-likeness (QED) is 0.433. The maximum Gasteiger partial charge on any atom is 0.348 e. The fraction of sp³-hybridized carbons (Fsp3) is 0.273. The van der Waals surface area contributed by atoms with Gasteiger partial charge in [-0.25, -0.2) is 0 Å². The number of nitrogens with zero attached hydrogens (tertiary/aromatic N) is 3. The summed E-state index contributed by atoms with van der Waals surface area (Å²) in [6.45, 7) is 0.0584. The second-order valence-electron chi connectivity index (χ2n) is 9.08. The minimum absolute atomic E-state index is 0.0977. The van der Waals surface area contributed by atoms with E-state index in [0.29, 0.717) is 16.7 Å². The summed E-state index contributed by atoms with van der Waals surface area (Å²) in [5.74, 6) is -6.46. The average Bonchev–Trinajstić information content (AvgIpc) is 3.12. The highest BCUT2D eigenvalue weighted by atomic mass is 35.5. The number of hydrogen-bond donors (Lipinski definition) is 0. The monoisotopic (exact) mass is 497 g/mol. The minimum atomic E-state index is -3.73. The number of benzene rings is 2. The van der Waals surface area contributed by atoms with Gasteiger partial charge < -0.3 is 14.5 Å². The van der Waals surface area contributed by atoms with E-state index in [-0.39, 0.29) is 42.2 Å². The van der Waals surface area contributed by atoms with E-state index in [0.717, 1.165) is 21.8 Å². The van der Waals surface area contributed by atoms with Gasteiger partial charge in [0.25, 0.3) is 11.8 Å². The van der Waals surface area contributed by atoms with Crippen molar-refractivity contribution in [3.05, 3.63) is 69.7 Å². The van der Waals surface area contributed by atoms with Gasteiger partial charge in [-0.05, 0) is 35.1 Å². The first kappa shape index (κ1) is 25.0. The standard InChI is InChI=1S/C22H21B3ClF2N3O4/c23-16-8-17(32)31(25)20(34)18(16)29-10-12-7-11(1-6-15(12)19(29)33)9-30(24)21(35)22(27,28)13-2-4-14(26)5-3-13/h1-7,16,18H,8-10,23-25H2. The smallest absolute Gasteiger partial charge is 0.348 e. The zero-order chi connectivity index (χ0) is 25.7. The molecule has 13 heteroatoms. The zero-order valence-corrected chi connectivity index (χ0v) is 20.2. The van der Waals surface area contributed by atoms with Crippen molar-refractivity contribution in [2.45, 2.75) is 37.3 Å². The molecule has 0 saturated carbocycles. The molecule has 0 aromatic heterocycles. The molecule has 1 saturated heterocycles. The molecule has 178 valence electrons. The highest BCUT2D eigenvalue weighted by Gasteiger charge is 2.45. The van der Waals surface area contributed by atoms with Crippen molar-refractivity contribution < 1.29 is 28.0 Å².